The van der Waals surface area contributed by atoms with E-state index in [1.807, 2.05) is 60.7 Å². The lowest BCUT2D eigenvalue weighted by molar-refractivity contribution is 1.12. The molecule has 0 spiro atoms. The summed E-state index contributed by atoms with van der Waals surface area (Å²) in [6.45, 7) is 0. The van der Waals surface area contributed by atoms with E-state index in [2.05, 4.69) is 67.0 Å². The predicted octanol–water partition coefficient (Wildman–Crippen LogP) is 6.98. The first-order valence-corrected chi connectivity index (χ1v) is 13.3. The standard InChI is InChI=1S/C35H18N8/c36-15-22-5-7-25(8-6-22)26-9-11-29-28-3-1-2-4-31(28)43(33(29)14-26)32-12-10-27(34-39-18-23(16-37)19-40-34)13-30(32)35-41-20-24(17-38)21-42-35/h1-14,18-21H. The Balaban J connectivity index is 1.50. The molecule has 0 radical (unpaired) electrons. The molecule has 7 aromatic rings. The lowest BCUT2D eigenvalue weighted by Crippen LogP contribution is -2.01. The van der Waals surface area contributed by atoms with Gasteiger partial charge in [0.25, 0.3) is 0 Å². The number of rotatable bonds is 4. The van der Waals surface area contributed by atoms with Crippen LogP contribution in [0.1, 0.15) is 16.7 Å². The smallest absolute Gasteiger partial charge is 0.161 e. The van der Waals surface area contributed by atoms with Gasteiger partial charge < -0.3 is 4.57 Å². The molecule has 3 heterocycles. The zero-order valence-electron chi connectivity index (χ0n) is 22.5. The maximum absolute atomic E-state index is 9.34. The fraction of sp³-hybridized carbons (Fsp3) is 0. The van der Waals surface area contributed by atoms with Gasteiger partial charge in [-0.15, -0.1) is 0 Å². The largest absolute Gasteiger partial charge is 0.308 e. The summed E-state index contributed by atoms with van der Waals surface area (Å²) in [7, 11) is 0. The van der Waals surface area contributed by atoms with Crippen LogP contribution in [0.2, 0.25) is 0 Å². The highest BCUT2D eigenvalue weighted by Gasteiger charge is 2.19. The summed E-state index contributed by atoms with van der Waals surface area (Å²) >= 11 is 0. The number of aromatic nitrogens is 5. The average molecular weight is 551 g/mol. The van der Waals surface area contributed by atoms with Crippen LogP contribution in [-0.4, -0.2) is 24.5 Å². The molecular formula is C35H18N8. The van der Waals surface area contributed by atoms with Gasteiger partial charge in [0.15, 0.2) is 11.6 Å². The third kappa shape index (κ3) is 4.40. The summed E-state index contributed by atoms with van der Waals surface area (Å²) in [5.74, 6) is 0.907. The van der Waals surface area contributed by atoms with Crippen molar-refractivity contribution in [1.82, 2.24) is 24.5 Å². The molecule has 0 saturated heterocycles. The van der Waals surface area contributed by atoms with Crippen LogP contribution in [0.5, 0.6) is 0 Å². The van der Waals surface area contributed by atoms with Crippen LogP contribution in [-0.2, 0) is 0 Å². The molecule has 7 rings (SSSR count). The second-order valence-corrected chi connectivity index (χ2v) is 9.82. The number of nitrogens with zero attached hydrogens (tertiary/aromatic N) is 8. The van der Waals surface area contributed by atoms with Crippen LogP contribution in [0.3, 0.4) is 0 Å². The fourth-order valence-electron chi connectivity index (χ4n) is 5.26. The van der Waals surface area contributed by atoms with E-state index in [9.17, 15) is 15.8 Å². The normalized spacial score (nSPS) is 10.7. The zero-order valence-corrected chi connectivity index (χ0v) is 22.5. The average Bonchev–Trinajstić information content (AvgIpc) is 3.41. The Bertz CT molecular complexity index is 2300. The molecule has 8 heteroatoms. The van der Waals surface area contributed by atoms with Crippen LogP contribution >= 0.6 is 0 Å². The van der Waals surface area contributed by atoms with Gasteiger partial charge in [-0.2, -0.15) is 15.8 Å². The summed E-state index contributed by atoms with van der Waals surface area (Å²) < 4.78 is 2.19. The van der Waals surface area contributed by atoms with E-state index in [-0.39, 0.29) is 0 Å². The predicted molar refractivity (Wildman–Crippen MR) is 162 cm³/mol. The fourth-order valence-corrected chi connectivity index (χ4v) is 5.26. The molecule has 0 aliphatic heterocycles. The van der Waals surface area contributed by atoms with Gasteiger partial charge in [0.1, 0.15) is 12.1 Å². The third-order valence-corrected chi connectivity index (χ3v) is 7.32. The van der Waals surface area contributed by atoms with Crippen LogP contribution in [0.4, 0.5) is 0 Å². The maximum Gasteiger partial charge on any atom is 0.161 e. The van der Waals surface area contributed by atoms with Crippen LogP contribution in [0, 0.1) is 34.0 Å². The molecular weight excluding hydrogens is 532 g/mol. The Morgan fingerprint density at radius 1 is 0.488 bits per heavy atom. The molecule has 0 aliphatic rings. The van der Waals surface area contributed by atoms with E-state index in [1.165, 1.54) is 24.8 Å². The molecule has 0 fully saturated rings. The van der Waals surface area contributed by atoms with Gasteiger partial charge >= 0.3 is 0 Å². The molecule has 0 atom stereocenters. The minimum absolute atomic E-state index is 0.362. The first-order chi connectivity index (χ1) is 21.2. The Kier molecular flexibility index (Phi) is 6.10. The second-order valence-electron chi connectivity index (χ2n) is 9.82. The molecule has 0 N–H and O–H groups in total. The summed E-state index contributed by atoms with van der Waals surface area (Å²) in [5, 5.41) is 29.9. The highest BCUT2D eigenvalue weighted by molar-refractivity contribution is 6.10. The Morgan fingerprint density at radius 2 is 1.07 bits per heavy atom. The molecule has 0 saturated carbocycles. The van der Waals surface area contributed by atoms with E-state index in [0.717, 1.165) is 49.7 Å². The van der Waals surface area contributed by atoms with Crippen molar-refractivity contribution >= 4 is 21.8 Å². The molecule has 198 valence electrons. The molecule has 0 unspecified atom stereocenters. The first kappa shape index (κ1) is 25.3. The van der Waals surface area contributed by atoms with Crippen molar-refractivity contribution in [2.75, 3.05) is 0 Å². The summed E-state index contributed by atoms with van der Waals surface area (Å²) in [5.41, 5.74) is 7.65. The van der Waals surface area contributed by atoms with Crippen molar-refractivity contribution in [1.29, 1.82) is 15.8 Å². The van der Waals surface area contributed by atoms with Crippen LogP contribution < -0.4 is 0 Å². The monoisotopic (exact) mass is 550 g/mol. The number of benzene rings is 4. The van der Waals surface area contributed by atoms with Crippen LogP contribution in [0.25, 0.3) is 61.4 Å². The van der Waals surface area contributed by atoms with Crippen molar-refractivity contribution in [3.8, 4) is 57.8 Å². The number of para-hydroxylation sites is 1. The van der Waals surface area contributed by atoms with Crippen molar-refractivity contribution < 1.29 is 0 Å². The van der Waals surface area contributed by atoms with Crippen molar-refractivity contribution in [3.63, 3.8) is 0 Å². The van der Waals surface area contributed by atoms with E-state index >= 15 is 0 Å². The van der Waals surface area contributed by atoms with Gasteiger partial charge in [-0.3, -0.25) is 0 Å². The molecule has 4 aromatic carbocycles. The topological polar surface area (TPSA) is 128 Å². The van der Waals surface area contributed by atoms with E-state index < -0.39 is 0 Å². The number of nitriles is 3. The van der Waals surface area contributed by atoms with Gasteiger partial charge in [-0.25, -0.2) is 19.9 Å². The van der Waals surface area contributed by atoms with E-state index in [0.29, 0.717) is 28.3 Å². The molecule has 8 nitrogen and oxygen atoms in total. The summed E-state index contributed by atoms with van der Waals surface area (Å²) in [6.07, 6.45) is 6.00. The molecule has 3 aromatic heterocycles. The maximum atomic E-state index is 9.34. The lowest BCUT2D eigenvalue weighted by Gasteiger charge is -2.15. The van der Waals surface area contributed by atoms with Gasteiger partial charge in [0, 0.05) is 46.7 Å². The molecule has 0 amide bonds. The first-order valence-electron chi connectivity index (χ1n) is 13.3. The van der Waals surface area contributed by atoms with E-state index in [1.54, 1.807) is 0 Å². The number of hydrogen-bond donors (Lipinski definition) is 0. The van der Waals surface area contributed by atoms with E-state index in [4.69, 9.17) is 0 Å². The van der Waals surface area contributed by atoms with Crippen LogP contribution in [0.15, 0.2) is 110 Å². The lowest BCUT2D eigenvalue weighted by atomic mass is 10.0. The summed E-state index contributed by atoms with van der Waals surface area (Å²) in [4.78, 5) is 17.8. The molecule has 0 aliphatic carbocycles. The Hall–Kier alpha value is -6.69. The van der Waals surface area contributed by atoms with Gasteiger partial charge in [0.2, 0.25) is 0 Å². The van der Waals surface area contributed by atoms with Crippen molar-refractivity contribution in [3.05, 3.63) is 126 Å². The number of fused-ring (bicyclic) bond motifs is 3. The SMILES string of the molecule is N#Cc1ccc(-c2ccc3c4ccccc4n(-c4ccc(-c5ncc(C#N)cn5)cc4-c4ncc(C#N)cn4)c3c2)cc1. The minimum Gasteiger partial charge on any atom is -0.308 e. The van der Waals surface area contributed by atoms with Gasteiger partial charge in [-0.05, 0) is 53.6 Å². The zero-order chi connectivity index (χ0) is 29.3. The molecule has 0 bridgehead atoms. The van der Waals surface area contributed by atoms with Gasteiger partial charge in [-0.1, -0.05) is 42.5 Å². The van der Waals surface area contributed by atoms with Crippen molar-refractivity contribution in [2.24, 2.45) is 0 Å². The third-order valence-electron chi connectivity index (χ3n) is 7.32. The highest BCUT2D eigenvalue weighted by atomic mass is 15.0. The molecule has 43 heavy (non-hydrogen) atoms. The Morgan fingerprint density at radius 3 is 1.74 bits per heavy atom. The summed E-state index contributed by atoms with van der Waals surface area (Å²) in [6, 6.07) is 34.3. The van der Waals surface area contributed by atoms with Crippen molar-refractivity contribution in [2.45, 2.75) is 0 Å². The quantitative estimate of drug-likeness (QED) is 0.231. The van der Waals surface area contributed by atoms with Gasteiger partial charge in [0.05, 0.1) is 39.5 Å². The Labute approximate surface area is 246 Å². The number of hydrogen-bond acceptors (Lipinski definition) is 7. The minimum atomic E-state index is 0.362. The second kappa shape index (κ2) is 10.4. The highest BCUT2D eigenvalue weighted by Crippen LogP contribution is 2.38.